The number of sulfonamides is 1. The van der Waals surface area contributed by atoms with Crippen molar-refractivity contribution >= 4 is 22.0 Å². The molecular formula is C23H30N2O9S. The van der Waals surface area contributed by atoms with Gasteiger partial charge in [0.05, 0.1) is 27.1 Å². The van der Waals surface area contributed by atoms with Crippen molar-refractivity contribution in [2.75, 3.05) is 47.5 Å². The third kappa shape index (κ3) is 8.12. The summed E-state index contributed by atoms with van der Waals surface area (Å²) in [7, 11) is 1.46. The summed E-state index contributed by atoms with van der Waals surface area (Å²) in [4.78, 5) is 20.4. The predicted octanol–water partition coefficient (Wildman–Crippen LogP) is 1.52. The summed E-state index contributed by atoms with van der Waals surface area (Å²) in [6, 6.07) is 13.2. The number of ether oxygens (including phenoxy) is 3. The molecule has 0 bridgehead atoms. The molecule has 0 saturated carbocycles. The van der Waals surface area contributed by atoms with Crippen molar-refractivity contribution in [3.05, 3.63) is 53.6 Å². The summed E-state index contributed by atoms with van der Waals surface area (Å²) in [6.45, 7) is 3.00. The van der Waals surface area contributed by atoms with Gasteiger partial charge in [-0.15, -0.1) is 0 Å². The quantitative estimate of drug-likeness (QED) is 0.502. The number of piperazine rings is 1. The molecule has 3 rings (SSSR count). The smallest absolute Gasteiger partial charge is 0.414 e. The second kappa shape index (κ2) is 12.9. The number of hydrogen-bond acceptors (Lipinski definition) is 8. The highest BCUT2D eigenvalue weighted by Gasteiger charge is 2.27. The van der Waals surface area contributed by atoms with Crippen molar-refractivity contribution in [1.29, 1.82) is 0 Å². The highest BCUT2D eigenvalue weighted by Crippen LogP contribution is 2.38. The van der Waals surface area contributed by atoms with E-state index in [-0.39, 0.29) is 5.75 Å². The Kier molecular flexibility index (Phi) is 10.3. The van der Waals surface area contributed by atoms with E-state index in [0.29, 0.717) is 50.0 Å². The van der Waals surface area contributed by atoms with Gasteiger partial charge in [0, 0.05) is 32.7 Å². The van der Waals surface area contributed by atoms with Crippen LogP contribution in [0.1, 0.15) is 11.1 Å². The van der Waals surface area contributed by atoms with E-state index in [0.717, 1.165) is 11.1 Å². The Bertz CT molecular complexity index is 1060. The lowest BCUT2D eigenvalue weighted by Gasteiger charge is -2.34. The molecule has 12 heteroatoms. The van der Waals surface area contributed by atoms with Crippen molar-refractivity contribution < 1.29 is 42.4 Å². The van der Waals surface area contributed by atoms with Gasteiger partial charge < -0.3 is 24.4 Å². The van der Waals surface area contributed by atoms with E-state index in [1.165, 1.54) is 0 Å². The number of rotatable bonds is 8. The molecule has 1 saturated heterocycles. The second-order valence-electron chi connectivity index (χ2n) is 7.56. The number of nitrogens with zero attached hydrogens (tertiary/aromatic N) is 2. The van der Waals surface area contributed by atoms with Gasteiger partial charge in [-0.3, -0.25) is 4.90 Å². The molecule has 0 aromatic heterocycles. The van der Waals surface area contributed by atoms with Crippen LogP contribution in [0, 0.1) is 0 Å². The number of carboxylic acid groups (broad SMARTS) is 2. The van der Waals surface area contributed by atoms with Crippen molar-refractivity contribution in [3.8, 4) is 17.2 Å². The predicted molar refractivity (Wildman–Crippen MR) is 127 cm³/mol. The maximum absolute atomic E-state index is 12.7. The topological polar surface area (TPSA) is 143 Å². The first-order valence-corrected chi connectivity index (χ1v) is 12.2. The van der Waals surface area contributed by atoms with Crippen molar-refractivity contribution in [1.82, 2.24) is 9.21 Å². The molecule has 35 heavy (non-hydrogen) atoms. The summed E-state index contributed by atoms with van der Waals surface area (Å²) >= 11 is 0. The number of methoxy groups -OCH3 is 3. The summed E-state index contributed by atoms with van der Waals surface area (Å²) in [6.07, 6.45) is 0. The molecule has 0 amide bonds. The normalized spacial score (nSPS) is 14.4. The van der Waals surface area contributed by atoms with Crippen molar-refractivity contribution in [2.24, 2.45) is 0 Å². The third-order valence-corrected chi connectivity index (χ3v) is 7.08. The first-order valence-electron chi connectivity index (χ1n) is 10.6. The highest BCUT2D eigenvalue weighted by molar-refractivity contribution is 7.88. The molecule has 2 aromatic rings. The Morgan fingerprint density at radius 1 is 0.829 bits per heavy atom. The summed E-state index contributed by atoms with van der Waals surface area (Å²) in [5.74, 6) is -1.81. The fourth-order valence-electron chi connectivity index (χ4n) is 3.53. The molecule has 11 nitrogen and oxygen atoms in total. The number of benzene rings is 2. The van der Waals surface area contributed by atoms with E-state index in [9.17, 15) is 8.42 Å². The Labute approximate surface area is 204 Å². The Morgan fingerprint density at radius 2 is 1.34 bits per heavy atom. The van der Waals surface area contributed by atoms with Gasteiger partial charge in [-0.2, -0.15) is 4.31 Å². The van der Waals surface area contributed by atoms with Gasteiger partial charge in [0.25, 0.3) is 0 Å². The van der Waals surface area contributed by atoms with Gasteiger partial charge in [0.15, 0.2) is 11.5 Å². The van der Waals surface area contributed by atoms with Crippen LogP contribution in [-0.4, -0.2) is 87.3 Å². The van der Waals surface area contributed by atoms with Crippen LogP contribution in [0.5, 0.6) is 17.2 Å². The first kappa shape index (κ1) is 27.9. The fraction of sp³-hybridized carbons (Fsp3) is 0.391. The number of carboxylic acids is 2. The SMILES string of the molecule is COc1cc(CN2CCN(S(=O)(=O)Cc3ccccc3)CC2)cc(OC)c1OC.O=C(O)C(=O)O. The molecule has 0 aliphatic carbocycles. The van der Waals surface area contributed by atoms with E-state index in [1.54, 1.807) is 25.6 Å². The molecule has 192 valence electrons. The molecule has 2 N–H and O–H groups in total. The van der Waals surface area contributed by atoms with E-state index in [1.807, 2.05) is 42.5 Å². The van der Waals surface area contributed by atoms with Crippen LogP contribution in [0.4, 0.5) is 0 Å². The lowest BCUT2D eigenvalue weighted by Crippen LogP contribution is -2.48. The molecule has 0 spiro atoms. The Hall–Kier alpha value is -3.35. The maximum atomic E-state index is 12.7. The van der Waals surface area contributed by atoms with Gasteiger partial charge >= 0.3 is 11.9 Å². The van der Waals surface area contributed by atoms with Crippen LogP contribution >= 0.6 is 0 Å². The number of aliphatic carboxylic acids is 2. The minimum atomic E-state index is -3.31. The molecule has 0 atom stereocenters. The standard InChI is InChI=1S/C21H28N2O5S.C2H2O4/c1-26-19-13-18(14-20(27-2)21(19)28-3)15-22-9-11-23(12-10-22)29(24,25)16-17-7-5-4-6-8-17;3-1(4)2(5)6/h4-8,13-14H,9-12,15-16H2,1-3H3;(H,3,4)(H,5,6). The minimum absolute atomic E-state index is 0.0424. The fourth-order valence-corrected chi connectivity index (χ4v) is 5.04. The molecule has 1 aliphatic rings. The van der Waals surface area contributed by atoms with Gasteiger partial charge in [0.1, 0.15) is 0 Å². The summed E-state index contributed by atoms with van der Waals surface area (Å²) in [5.41, 5.74) is 1.84. The lowest BCUT2D eigenvalue weighted by atomic mass is 10.1. The Morgan fingerprint density at radius 3 is 1.77 bits per heavy atom. The van der Waals surface area contributed by atoms with E-state index >= 15 is 0 Å². The van der Waals surface area contributed by atoms with Crippen molar-refractivity contribution in [2.45, 2.75) is 12.3 Å². The van der Waals surface area contributed by atoms with Crippen LogP contribution in [0.3, 0.4) is 0 Å². The van der Waals surface area contributed by atoms with E-state index in [2.05, 4.69) is 4.90 Å². The molecule has 1 fully saturated rings. The third-order valence-electron chi connectivity index (χ3n) is 5.23. The molecule has 0 radical (unpaired) electrons. The molecule has 2 aromatic carbocycles. The molecule has 1 aliphatic heterocycles. The van der Waals surface area contributed by atoms with Gasteiger partial charge in [0.2, 0.25) is 15.8 Å². The van der Waals surface area contributed by atoms with Crippen LogP contribution in [0.15, 0.2) is 42.5 Å². The van der Waals surface area contributed by atoms with Gasteiger partial charge in [-0.1, -0.05) is 30.3 Å². The average Bonchev–Trinajstić information content (AvgIpc) is 2.84. The maximum Gasteiger partial charge on any atom is 0.414 e. The molecule has 1 heterocycles. The van der Waals surface area contributed by atoms with Crippen LogP contribution in [0.2, 0.25) is 0 Å². The van der Waals surface area contributed by atoms with Gasteiger partial charge in [-0.05, 0) is 23.3 Å². The lowest BCUT2D eigenvalue weighted by molar-refractivity contribution is -0.159. The summed E-state index contributed by atoms with van der Waals surface area (Å²) < 4.78 is 43.2. The minimum Gasteiger partial charge on any atom is -0.493 e. The zero-order chi connectivity index (χ0) is 26.0. The van der Waals surface area contributed by atoms with E-state index in [4.69, 9.17) is 34.0 Å². The van der Waals surface area contributed by atoms with Crippen LogP contribution in [-0.2, 0) is 31.9 Å². The monoisotopic (exact) mass is 510 g/mol. The van der Waals surface area contributed by atoms with Gasteiger partial charge in [-0.25, -0.2) is 18.0 Å². The molecule has 0 unspecified atom stereocenters. The zero-order valence-corrected chi connectivity index (χ0v) is 20.7. The van der Waals surface area contributed by atoms with Crippen LogP contribution in [0.25, 0.3) is 0 Å². The second-order valence-corrected chi connectivity index (χ2v) is 9.53. The van der Waals surface area contributed by atoms with Crippen LogP contribution < -0.4 is 14.2 Å². The Balaban J connectivity index is 0.000000641. The van der Waals surface area contributed by atoms with E-state index < -0.39 is 22.0 Å². The zero-order valence-electron chi connectivity index (χ0n) is 19.8. The number of hydrogen-bond donors (Lipinski definition) is 2. The number of carbonyl (C=O) groups is 2. The molecular weight excluding hydrogens is 480 g/mol. The first-order chi connectivity index (χ1) is 16.6. The summed E-state index contributed by atoms with van der Waals surface area (Å²) in [5, 5.41) is 14.8. The average molecular weight is 511 g/mol. The highest BCUT2D eigenvalue weighted by atomic mass is 32.2. The largest absolute Gasteiger partial charge is 0.493 e. The van der Waals surface area contributed by atoms with Crippen molar-refractivity contribution in [3.63, 3.8) is 0 Å².